The Morgan fingerprint density at radius 3 is 2.50 bits per heavy atom. The van der Waals surface area contributed by atoms with Gasteiger partial charge in [-0.25, -0.2) is 13.2 Å². The number of hydrogen-bond acceptors (Lipinski definition) is 6. The van der Waals surface area contributed by atoms with Crippen molar-refractivity contribution in [3.8, 4) is 0 Å². The Balaban J connectivity index is 1.42. The maximum Gasteiger partial charge on any atom is 0.277 e. The maximum absolute atomic E-state index is 13.5. The van der Waals surface area contributed by atoms with E-state index in [4.69, 9.17) is 4.42 Å². The van der Waals surface area contributed by atoms with E-state index in [9.17, 15) is 22.8 Å². The lowest BCUT2D eigenvalue weighted by Gasteiger charge is -2.08. The van der Waals surface area contributed by atoms with E-state index in [2.05, 4.69) is 20.8 Å². The van der Waals surface area contributed by atoms with E-state index >= 15 is 0 Å². The number of nitrogens with one attached hydrogen (secondary N) is 2. The van der Waals surface area contributed by atoms with E-state index in [1.807, 2.05) is 30.3 Å². The van der Waals surface area contributed by atoms with Gasteiger partial charge in [0.25, 0.3) is 5.22 Å². The highest BCUT2D eigenvalue weighted by Gasteiger charge is 2.16. The van der Waals surface area contributed by atoms with Crippen molar-refractivity contribution in [1.29, 1.82) is 0 Å². The van der Waals surface area contributed by atoms with E-state index in [1.54, 1.807) is 0 Å². The topological polar surface area (TPSA) is 97.1 Å². The molecule has 3 rings (SSSR count). The van der Waals surface area contributed by atoms with Crippen LogP contribution in [0.3, 0.4) is 0 Å². The van der Waals surface area contributed by atoms with Crippen molar-refractivity contribution in [3.05, 3.63) is 71.4 Å². The number of rotatable bonds is 8. The molecule has 0 radical (unpaired) electrons. The molecule has 0 saturated carbocycles. The van der Waals surface area contributed by atoms with Crippen LogP contribution in [-0.4, -0.2) is 34.3 Å². The molecule has 7 nitrogen and oxygen atoms in total. The molecule has 2 N–H and O–H groups in total. The molecule has 0 unspecified atom stereocenters. The predicted molar refractivity (Wildman–Crippen MR) is 102 cm³/mol. The van der Waals surface area contributed by atoms with Crippen molar-refractivity contribution in [2.45, 2.75) is 11.6 Å². The van der Waals surface area contributed by atoms with Crippen molar-refractivity contribution in [2.75, 3.05) is 17.6 Å². The number of aromatic nitrogens is 2. The van der Waals surface area contributed by atoms with Gasteiger partial charge in [-0.2, -0.15) is 0 Å². The van der Waals surface area contributed by atoms with E-state index in [1.165, 1.54) is 0 Å². The molecule has 0 aliphatic carbocycles. The van der Waals surface area contributed by atoms with Crippen LogP contribution in [0.25, 0.3) is 0 Å². The Morgan fingerprint density at radius 2 is 1.73 bits per heavy atom. The minimum Gasteiger partial charge on any atom is -0.416 e. The number of thioether (sulfide) groups is 1. The molecule has 0 saturated heterocycles. The highest BCUT2D eigenvalue weighted by Crippen LogP contribution is 2.19. The standard InChI is InChI=1S/C19H15F3N4O3S/c20-12-6-7-13(18(22)17(12)21)24-14(27)9-23-15(28)10-30-19-26-25-16(29-19)8-11-4-2-1-3-5-11/h1-7H,8-10H2,(H,23,28)(H,24,27). The Hall–Kier alpha value is -3.34. The molecule has 30 heavy (non-hydrogen) atoms. The summed E-state index contributed by atoms with van der Waals surface area (Å²) in [6, 6.07) is 11.1. The second-order valence-corrected chi connectivity index (χ2v) is 6.89. The Labute approximate surface area is 173 Å². The first-order valence-corrected chi connectivity index (χ1v) is 9.60. The van der Waals surface area contributed by atoms with Crippen LogP contribution in [0.1, 0.15) is 11.5 Å². The van der Waals surface area contributed by atoms with Crippen molar-refractivity contribution in [2.24, 2.45) is 0 Å². The zero-order chi connectivity index (χ0) is 21.5. The SMILES string of the molecule is O=C(CSc1nnc(Cc2ccccc2)o1)NCC(=O)Nc1ccc(F)c(F)c1F. The predicted octanol–water partition coefficient (Wildman–Crippen LogP) is 2.92. The number of hydrogen-bond donors (Lipinski definition) is 2. The van der Waals surface area contributed by atoms with Crippen LogP contribution < -0.4 is 10.6 Å². The summed E-state index contributed by atoms with van der Waals surface area (Å²) in [6.45, 7) is -0.485. The van der Waals surface area contributed by atoms with Crippen LogP contribution in [0.15, 0.2) is 52.1 Å². The molecular formula is C19H15F3N4O3S. The van der Waals surface area contributed by atoms with Crippen LogP contribution in [-0.2, 0) is 16.0 Å². The van der Waals surface area contributed by atoms with Crippen LogP contribution in [0.2, 0.25) is 0 Å². The van der Waals surface area contributed by atoms with Gasteiger partial charge >= 0.3 is 0 Å². The average Bonchev–Trinajstić information content (AvgIpc) is 3.19. The summed E-state index contributed by atoms with van der Waals surface area (Å²) in [5.74, 6) is -5.60. The molecule has 0 fully saturated rings. The summed E-state index contributed by atoms with van der Waals surface area (Å²) < 4.78 is 45.0. The van der Waals surface area contributed by atoms with Gasteiger partial charge in [-0.15, -0.1) is 10.2 Å². The molecule has 0 bridgehead atoms. The third-order valence-corrected chi connectivity index (χ3v) is 4.55. The second kappa shape index (κ2) is 9.92. The normalized spacial score (nSPS) is 10.6. The molecule has 156 valence electrons. The first-order valence-electron chi connectivity index (χ1n) is 8.61. The Kier molecular flexibility index (Phi) is 7.07. The molecule has 0 aliphatic heterocycles. The fourth-order valence-corrected chi connectivity index (χ4v) is 2.92. The van der Waals surface area contributed by atoms with Gasteiger partial charge in [-0.05, 0) is 17.7 Å². The van der Waals surface area contributed by atoms with E-state index in [0.29, 0.717) is 18.4 Å². The quantitative estimate of drug-likeness (QED) is 0.416. The molecule has 2 aromatic carbocycles. The zero-order valence-electron chi connectivity index (χ0n) is 15.3. The van der Waals surface area contributed by atoms with Gasteiger partial charge < -0.3 is 15.1 Å². The summed E-state index contributed by atoms with van der Waals surface area (Å²) in [5, 5.41) is 12.3. The smallest absolute Gasteiger partial charge is 0.277 e. The summed E-state index contributed by atoms with van der Waals surface area (Å²) in [6.07, 6.45) is 0.460. The van der Waals surface area contributed by atoms with Gasteiger partial charge in [0.1, 0.15) is 0 Å². The highest BCUT2D eigenvalue weighted by molar-refractivity contribution is 7.99. The molecule has 2 amide bonds. The maximum atomic E-state index is 13.5. The van der Waals surface area contributed by atoms with Crippen LogP contribution in [0.4, 0.5) is 18.9 Å². The summed E-state index contributed by atoms with van der Waals surface area (Å²) >= 11 is 0.986. The monoisotopic (exact) mass is 436 g/mol. The first kappa shape index (κ1) is 21.4. The third kappa shape index (κ3) is 5.83. The number of benzene rings is 2. The van der Waals surface area contributed by atoms with Crippen LogP contribution in [0.5, 0.6) is 0 Å². The van der Waals surface area contributed by atoms with Crippen LogP contribution in [0, 0.1) is 17.5 Å². The number of amides is 2. The van der Waals surface area contributed by atoms with Gasteiger partial charge in [0, 0.05) is 0 Å². The molecular weight excluding hydrogens is 421 g/mol. The van der Waals surface area contributed by atoms with Gasteiger partial charge in [0.2, 0.25) is 17.7 Å². The number of carbonyl (C=O) groups is 2. The van der Waals surface area contributed by atoms with E-state index < -0.39 is 41.5 Å². The first-order chi connectivity index (χ1) is 14.4. The molecule has 0 spiro atoms. The highest BCUT2D eigenvalue weighted by atomic mass is 32.2. The average molecular weight is 436 g/mol. The fourth-order valence-electron chi connectivity index (χ4n) is 2.31. The molecule has 3 aromatic rings. The molecule has 0 aliphatic rings. The van der Waals surface area contributed by atoms with E-state index in [0.717, 1.165) is 23.4 Å². The van der Waals surface area contributed by atoms with E-state index in [-0.39, 0.29) is 11.0 Å². The molecule has 11 heteroatoms. The van der Waals surface area contributed by atoms with Crippen molar-refractivity contribution in [3.63, 3.8) is 0 Å². The van der Waals surface area contributed by atoms with Gasteiger partial charge in [-0.3, -0.25) is 9.59 Å². The summed E-state index contributed by atoms with van der Waals surface area (Å²) in [7, 11) is 0. The van der Waals surface area contributed by atoms with Gasteiger partial charge in [-0.1, -0.05) is 42.1 Å². The molecule has 1 heterocycles. The third-order valence-electron chi connectivity index (χ3n) is 3.73. The lowest BCUT2D eigenvalue weighted by molar-refractivity contribution is -0.122. The van der Waals surface area contributed by atoms with Gasteiger partial charge in [0.05, 0.1) is 24.4 Å². The number of nitrogens with zero attached hydrogens (tertiary/aromatic N) is 2. The summed E-state index contributed by atoms with van der Waals surface area (Å²) in [4.78, 5) is 23.6. The molecule has 0 atom stereocenters. The minimum absolute atomic E-state index is 0.0974. The van der Waals surface area contributed by atoms with Crippen molar-refractivity contribution < 1.29 is 27.2 Å². The van der Waals surface area contributed by atoms with Crippen molar-refractivity contribution in [1.82, 2.24) is 15.5 Å². The lowest BCUT2D eigenvalue weighted by atomic mass is 10.2. The summed E-state index contributed by atoms with van der Waals surface area (Å²) in [5.41, 5.74) is 0.471. The van der Waals surface area contributed by atoms with Gasteiger partial charge in [0.15, 0.2) is 17.5 Å². The Morgan fingerprint density at radius 1 is 0.967 bits per heavy atom. The fraction of sp³-hybridized carbons (Fsp3) is 0.158. The largest absolute Gasteiger partial charge is 0.416 e. The molecule has 1 aromatic heterocycles. The number of carbonyl (C=O) groups excluding carboxylic acids is 2. The minimum atomic E-state index is -1.69. The lowest BCUT2D eigenvalue weighted by Crippen LogP contribution is -2.34. The number of halogens is 3. The second-order valence-electron chi connectivity index (χ2n) is 5.96. The van der Waals surface area contributed by atoms with Crippen LogP contribution >= 0.6 is 11.8 Å². The zero-order valence-corrected chi connectivity index (χ0v) is 16.1. The Bertz CT molecular complexity index is 1050. The number of anilines is 1. The van der Waals surface area contributed by atoms with Crippen molar-refractivity contribution >= 4 is 29.3 Å².